The molecule has 1 saturated heterocycles. The molecule has 1 aliphatic rings. The van der Waals surface area contributed by atoms with Crippen LogP contribution >= 0.6 is 12.2 Å². The van der Waals surface area contributed by atoms with Gasteiger partial charge in [0.1, 0.15) is 0 Å². The number of thiocarbonyl (C=S) groups is 1. The zero-order chi connectivity index (χ0) is 11.4. The van der Waals surface area contributed by atoms with Gasteiger partial charge in [-0.1, -0.05) is 20.8 Å². The molecule has 3 heteroatoms. The number of hydrogen-bond acceptors (Lipinski definition) is 1. The van der Waals surface area contributed by atoms with E-state index in [1.807, 2.05) is 0 Å². The minimum Gasteiger partial charge on any atom is -0.362 e. The minimum atomic E-state index is 0.613. The Balaban J connectivity index is 2.49. The van der Waals surface area contributed by atoms with Crippen molar-refractivity contribution in [3.63, 3.8) is 0 Å². The molecular weight excluding hydrogens is 204 g/mol. The molecule has 0 radical (unpaired) electrons. The third kappa shape index (κ3) is 3.33. The van der Waals surface area contributed by atoms with Gasteiger partial charge in [-0.15, -0.1) is 0 Å². The Morgan fingerprint density at radius 1 is 1.47 bits per heavy atom. The van der Waals surface area contributed by atoms with E-state index in [1.165, 1.54) is 19.3 Å². The van der Waals surface area contributed by atoms with Crippen LogP contribution in [0.1, 0.15) is 47.0 Å². The summed E-state index contributed by atoms with van der Waals surface area (Å²) < 4.78 is 0. The normalized spacial score (nSPS) is 26.1. The molecule has 88 valence electrons. The Morgan fingerprint density at radius 3 is 2.67 bits per heavy atom. The Bertz CT molecular complexity index is 216. The molecule has 0 aromatic rings. The molecule has 1 fully saturated rings. The van der Waals surface area contributed by atoms with Gasteiger partial charge in [-0.2, -0.15) is 0 Å². The van der Waals surface area contributed by atoms with Gasteiger partial charge in [-0.05, 0) is 44.3 Å². The molecule has 0 spiro atoms. The first-order chi connectivity index (χ1) is 7.06. The lowest BCUT2D eigenvalue weighted by molar-refractivity contribution is 0.315. The van der Waals surface area contributed by atoms with Gasteiger partial charge in [0, 0.05) is 18.6 Å². The van der Waals surface area contributed by atoms with Gasteiger partial charge in [-0.3, -0.25) is 0 Å². The molecular formula is C12H24N2S. The van der Waals surface area contributed by atoms with Crippen LogP contribution in [0.25, 0.3) is 0 Å². The molecule has 2 nitrogen and oxygen atoms in total. The molecule has 2 unspecified atom stereocenters. The maximum Gasteiger partial charge on any atom is 0.169 e. The van der Waals surface area contributed by atoms with Crippen LogP contribution in [0.2, 0.25) is 0 Å². The lowest BCUT2D eigenvalue weighted by atomic mass is 10.2. The van der Waals surface area contributed by atoms with E-state index in [1.54, 1.807) is 0 Å². The van der Waals surface area contributed by atoms with E-state index < -0.39 is 0 Å². The van der Waals surface area contributed by atoms with Crippen molar-refractivity contribution in [1.82, 2.24) is 10.2 Å². The summed E-state index contributed by atoms with van der Waals surface area (Å²) in [6.45, 7) is 9.93. The van der Waals surface area contributed by atoms with Crippen LogP contribution in [-0.2, 0) is 0 Å². The molecule has 15 heavy (non-hydrogen) atoms. The first-order valence-corrected chi connectivity index (χ1v) is 6.53. The van der Waals surface area contributed by atoms with E-state index in [2.05, 4.69) is 37.9 Å². The van der Waals surface area contributed by atoms with Gasteiger partial charge in [-0.25, -0.2) is 0 Å². The fourth-order valence-corrected chi connectivity index (χ4v) is 2.63. The topological polar surface area (TPSA) is 15.3 Å². The zero-order valence-corrected chi connectivity index (χ0v) is 11.2. The average molecular weight is 228 g/mol. The van der Waals surface area contributed by atoms with E-state index in [0.717, 1.165) is 11.7 Å². The van der Waals surface area contributed by atoms with Crippen molar-refractivity contribution in [2.24, 2.45) is 5.92 Å². The van der Waals surface area contributed by atoms with E-state index in [4.69, 9.17) is 12.2 Å². The van der Waals surface area contributed by atoms with Gasteiger partial charge in [0.15, 0.2) is 5.11 Å². The molecule has 0 aromatic carbocycles. The van der Waals surface area contributed by atoms with E-state index in [0.29, 0.717) is 18.0 Å². The maximum absolute atomic E-state index is 5.47. The quantitative estimate of drug-likeness (QED) is 0.748. The maximum atomic E-state index is 5.47. The summed E-state index contributed by atoms with van der Waals surface area (Å²) in [7, 11) is 0. The van der Waals surface area contributed by atoms with Crippen LogP contribution in [-0.4, -0.2) is 28.6 Å². The number of likely N-dealkylation sites (tertiary alicyclic amines) is 1. The molecule has 2 atom stereocenters. The van der Waals surface area contributed by atoms with E-state index in [-0.39, 0.29) is 0 Å². The van der Waals surface area contributed by atoms with Crippen molar-refractivity contribution in [2.75, 3.05) is 6.54 Å². The van der Waals surface area contributed by atoms with Crippen molar-refractivity contribution >= 4 is 17.3 Å². The van der Waals surface area contributed by atoms with E-state index >= 15 is 0 Å². The smallest absolute Gasteiger partial charge is 0.169 e. The molecule has 1 N–H and O–H groups in total. The minimum absolute atomic E-state index is 0.613. The monoisotopic (exact) mass is 228 g/mol. The third-order valence-corrected chi connectivity index (χ3v) is 3.51. The Labute approximate surface area is 99.4 Å². The van der Waals surface area contributed by atoms with Crippen LogP contribution in [0.15, 0.2) is 0 Å². The predicted octanol–water partition coefficient (Wildman–Crippen LogP) is 2.78. The Hall–Kier alpha value is -0.310. The summed E-state index contributed by atoms with van der Waals surface area (Å²) in [4.78, 5) is 2.40. The fraction of sp³-hybridized carbons (Fsp3) is 0.917. The van der Waals surface area contributed by atoms with Gasteiger partial charge >= 0.3 is 0 Å². The molecule has 1 rings (SSSR count). The SMILES string of the molecule is CCC1CCC(C)N1C(=S)NCC(C)C. The summed E-state index contributed by atoms with van der Waals surface area (Å²) >= 11 is 5.47. The molecule has 0 aromatic heterocycles. The predicted molar refractivity (Wildman–Crippen MR) is 70.1 cm³/mol. The van der Waals surface area contributed by atoms with Crippen LogP contribution in [0.4, 0.5) is 0 Å². The zero-order valence-electron chi connectivity index (χ0n) is 10.4. The summed E-state index contributed by atoms with van der Waals surface area (Å²) in [6.07, 6.45) is 3.77. The number of rotatable bonds is 3. The highest BCUT2D eigenvalue weighted by atomic mass is 32.1. The van der Waals surface area contributed by atoms with Gasteiger partial charge in [0.2, 0.25) is 0 Å². The summed E-state index contributed by atoms with van der Waals surface area (Å²) in [5.74, 6) is 0.654. The second kappa shape index (κ2) is 5.69. The lowest BCUT2D eigenvalue weighted by Gasteiger charge is -2.31. The molecule has 0 saturated carbocycles. The highest BCUT2D eigenvalue weighted by molar-refractivity contribution is 7.80. The molecule has 1 aliphatic heterocycles. The average Bonchev–Trinajstić information content (AvgIpc) is 2.56. The standard InChI is InChI=1S/C12H24N2S/c1-5-11-7-6-10(4)14(11)12(15)13-8-9(2)3/h9-11H,5-8H2,1-4H3,(H,13,15). The number of hydrogen-bond donors (Lipinski definition) is 1. The van der Waals surface area contributed by atoms with Crippen molar-refractivity contribution in [1.29, 1.82) is 0 Å². The molecule has 0 amide bonds. The van der Waals surface area contributed by atoms with Crippen LogP contribution in [0, 0.1) is 5.92 Å². The second-order valence-corrected chi connectivity index (χ2v) is 5.36. The van der Waals surface area contributed by atoms with Gasteiger partial charge in [0.25, 0.3) is 0 Å². The second-order valence-electron chi connectivity index (χ2n) is 4.98. The highest BCUT2D eigenvalue weighted by Gasteiger charge is 2.30. The fourth-order valence-electron chi connectivity index (χ4n) is 2.22. The van der Waals surface area contributed by atoms with Crippen molar-refractivity contribution in [3.05, 3.63) is 0 Å². The highest BCUT2D eigenvalue weighted by Crippen LogP contribution is 2.25. The summed E-state index contributed by atoms with van der Waals surface area (Å²) in [5, 5.41) is 4.33. The van der Waals surface area contributed by atoms with Crippen LogP contribution in [0.5, 0.6) is 0 Å². The molecule has 0 aliphatic carbocycles. The molecule has 1 heterocycles. The summed E-state index contributed by atoms with van der Waals surface area (Å²) in [5.41, 5.74) is 0. The first-order valence-electron chi connectivity index (χ1n) is 6.12. The van der Waals surface area contributed by atoms with Gasteiger partial charge in [0.05, 0.1) is 0 Å². The Morgan fingerprint density at radius 2 is 2.13 bits per heavy atom. The van der Waals surface area contributed by atoms with Crippen molar-refractivity contribution < 1.29 is 0 Å². The van der Waals surface area contributed by atoms with Crippen LogP contribution in [0.3, 0.4) is 0 Å². The number of nitrogens with zero attached hydrogens (tertiary/aromatic N) is 1. The largest absolute Gasteiger partial charge is 0.362 e. The van der Waals surface area contributed by atoms with Crippen molar-refractivity contribution in [2.45, 2.75) is 59.0 Å². The Kier molecular flexibility index (Phi) is 4.84. The third-order valence-electron chi connectivity index (χ3n) is 3.15. The summed E-state index contributed by atoms with van der Waals surface area (Å²) in [6, 6.07) is 1.27. The lowest BCUT2D eigenvalue weighted by Crippen LogP contribution is -2.46. The molecule has 0 bridgehead atoms. The van der Waals surface area contributed by atoms with Gasteiger partial charge < -0.3 is 10.2 Å². The first kappa shape index (κ1) is 12.8. The number of nitrogens with one attached hydrogen (secondary N) is 1. The van der Waals surface area contributed by atoms with E-state index in [9.17, 15) is 0 Å². The van der Waals surface area contributed by atoms with Crippen molar-refractivity contribution in [3.8, 4) is 0 Å². The van der Waals surface area contributed by atoms with Crippen LogP contribution < -0.4 is 5.32 Å².